The highest BCUT2D eigenvalue weighted by Gasteiger charge is 2.30. The summed E-state index contributed by atoms with van der Waals surface area (Å²) < 4.78 is 13.0. The number of hydrogen-bond acceptors (Lipinski definition) is 3. The average Bonchev–Trinajstić information content (AvgIpc) is 2.43. The van der Waals surface area contributed by atoms with Crippen LogP contribution >= 0.6 is 0 Å². The van der Waals surface area contributed by atoms with Crippen molar-refractivity contribution in [3.63, 3.8) is 0 Å². The van der Waals surface area contributed by atoms with E-state index in [0.717, 1.165) is 13.0 Å². The highest BCUT2D eigenvalue weighted by Crippen LogP contribution is 2.25. The Kier molecular flexibility index (Phi) is 4.83. The van der Waals surface area contributed by atoms with Gasteiger partial charge in [0, 0.05) is 12.6 Å². The third kappa shape index (κ3) is 3.73. The van der Waals surface area contributed by atoms with Gasteiger partial charge in [-0.2, -0.15) is 0 Å². The van der Waals surface area contributed by atoms with E-state index in [1.165, 1.54) is 24.6 Å². The Morgan fingerprint density at radius 1 is 1.43 bits per heavy atom. The lowest BCUT2D eigenvalue weighted by Crippen LogP contribution is -2.50. The van der Waals surface area contributed by atoms with Gasteiger partial charge in [0.2, 0.25) is 5.91 Å². The molecule has 1 aliphatic rings. The van der Waals surface area contributed by atoms with Gasteiger partial charge in [-0.25, -0.2) is 4.39 Å². The van der Waals surface area contributed by atoms with Crippen molar-refractivity contribution in [3.8, 4) is 0 Å². The summed E-state index contributed by atoms with van der Waals surface area (Å²) in [5.74, 6) is 0.0959. The molecular weight excluding hydrogens is 269 g/mol. The number of rotatable bonds is 3. The van der Waals surface area contributed by atoms with Crippen molar-refractivity contribution in [1.82, 2.24) is 4.90 Å². The van der Waals surface area contributed by atoms with Gasteiger partial charge in [0.1, 0.15) is 5.82 Å². The minimum Gasteiger partial charge on any atom is -0.397 e. The normalized spacial score (nSPS) is 24.6. The number of nitrogen functional groups attached to an aromatic ring is 1. The Bertz CT molecular complexity index is 520. The highest BCUT2D eigenvalue weighted by molar-refractivity contribution is 5.97. The van der Waals surface area contributed by atoms with Gasteiger partial charge in [0.15, 0.2) is 0 Å². The zero-order chi connectivity index (χ0) is 15.6. The predicted molar refractivity (Wildman–Crippen MR) is 83.5 cm³/mol. The lowest BCUT2D eigenvalue weighted by atomic mass is 9.93. The first-order chi connectivity index (χ1) is 9.88. The Balaban J connectivity index is 2.05. The molecule has 0 radical (unpaired) electrons. The maximum atomic E-state index is 13.0. The van der Waals surface area contributed by atoms with Crippen molar-refractivity contribution in [2.24, 2.45) is 5.92 Å². The molecule has 0 bridgehead atoms. The van der Waals surface area contributed by atoms with E-state index in [1.807, 2.05) is 6.92 Å². The number of benzene rings is 1. The van der Waals surface area contributed by atoms with Gasteiger partial charge >= 0.3 is 0 Å². The van der Waals surface area contributed by atoms with Gasteiger partial charge < -0.3 is 11.1 Å². The van der Waals surface area contributed by atoms with Crippen molar-refractivity contribution in [1.29, 1.82) is 0 Å². The molecule has 3 unspecified atom stereocenters. The quantitative estimate of drug-likeness (QED) is 0.843. The summed E-state index contributed by atoms with van der Waals surface area (Å²) >= 11 is 0. The molecule has 21 heavy (non-hydrogen) atoms. The number of hydrogen-bond donors (Lipinski definition) is 2. The number of halogens is 1. The van der Waals surface area contributed by atoms with Gasteiger partial charge in [-0.3, -0.25) is 9.69 Å². The Labute approximate surface area is 125 Å². The van der Waals surface area contributed by atoms with E-state index in [4.69, 9.17) is 5.73 Å². The topological polar surface area (TPSA) is 58.4 Å². The zero-order valence-electron chi connectivity index (χ0n) is 12.9. The molecule has 0 aliphatic carbocycles. The standard InChI is InChI=1S/C16H24FN3O/c1-10-4-5-11(2)20(9-10)12(3)16(21)19-15-7-6-13(17)8-14(15)18/h6-8,10-12H,4-5,9,18H2,1-3H3,(H,19,21). The van der Waals surface area contributed by atoms with E-state index in [-0.39, 0.29) is 17.6 Å². The van der Waals surface area contributed by atoms with Crippen LogP contribution in [0.5, 0.6) is 0 Å². The molecular formula is C16H24FN3O. The summed E-state index contributed by atoms with van der Waals surface area (Å²) in [5, 5.41) is 2.80. The maximum Gasteiger partial charge on any atom is 0.241 e. The molecule has 5 heteroatoms. The van der Waals surface area contributed by atoms with Crippen molar-refractivity contribution in [2.75, 3.05) is 17.6 Å². The van der Waals surface area contributed by atoms with Crippen LogP contribution in [0, 0.1) is 11.7 Å². The second-order valence-corrected chi connectivity index (χ2v) is 6.13. The molecule has 1 aromatic carbocycles. The molecule has 1 aliphatic heterocycles. The molecule has 1 aromatic rings. The zero-order valence-corrected chi connectivity index (χ0v) is 12.9. The second-order valence-electron chi connectivity index (χ2n) is 6.13. The fraction of sp³-hybridized carbons (Fsp3) is 0.562. The molecule has 4 nitrogen and oxygen atoms in total. The molecule has 0 spiro atoms. The predicted octanol–water partition coefficient (Wildman–Crippen LogP) is 2.86. The lowest BCUT2D eigenvalue weighted by molar-refractivity contribution is -0.122. The fourth-order valence-corrected chi connectivity index (χ4v) is 2.90. The SMILES string of the molecule is CC1CCC(C)N(C(C)C(=O)Nc2ccc(F)cc2N)C1. The van der Waals surface area contributed by atoms with Crippen molar-refractivity contribution < 1.29 is 9.18 Å². The lowest BCUT2D eigenvalue weighted by Gasteiger charge is -2.40. The van der Waals surface area contributed by atoms with Crippen LogP contribution in [-0.2, 0) is 4.79 Å². The first-order valence-corrected chi connectivity index (χ1v) is 7.50. The van der Waals surface area contributed by atoms with E-state index in [2.05, 4.69) is 24.1 Å². The summed E-state index contributed by atoms with van der Waals surface area (Å²) in [6.45, 7) is 7.20. The van der Waals surface area contributed by atoms with Crippen LogP contribution in [-0.4, -0.2) is 29.4 Å². The number of carbonyl (C=O) groups excluding carboxylic acids is 1. The molecule has 1 heterocycles. The van der Waals surface area contributed by atoms with E-state index in [0.29, 0.717) is 17.6 Å². The Morgan fingerprint density at radius 2 is 2.14 bits per heavy atom. The van der Waals surface area contributed by atoms with Crippen LogP contribution in [0.25, 0.3) is 0 Å². The molecule has 0 aromatic heterocycles. The summed E-state index contributed by atoms with van der Waals surface area (Å²) in [5.41, 5.74) is 6.44. The van der Waals surface area contributed by atoms with Crippen molar-refractivity contribution in [2.45, 2.75) is 45.7 Å². The fourth-order valence-electron chi connectivity index (χ4n) is 2.90. The molecule has 0 saturated carbocycles. The second kappa shape index (κ2) is 6.43. The number of anilines is 2. The molecule has 1 saturated heterocycles. The first kappa shape index (κ1) is 15.8. The third-order valence-electron chi connectivity index (χ3n) is 4.31. The van der Waals surface area contributed by atoms with E-state index >= 15 is 0 Å². The van der Waals surface area contributed by atoms with E-state index in [9.17, 15) is 9.18 Å². The third-order valence-corrected chi connectivity index (χ3v) is 4.31. The van der Waals surface area contributed by atoms with Crippen LogP contribution in [0.15, 0.2) is 18.2 Å². The first-order valence-electron chi connectivity index (χ1n) is 7.50. The van der Waals surface area contributed by atoms with E-state index < -0.39 is 5.82 Å². The number of nitrogens with one attached hydrogen (secondary N) is 1. The highest BCUT2D eigenvalue weighted by atomic mass is 19.1. The molecule has 1 amide bonds. The van der Waals surface area contributed by atoms with Gasteiger partial charge in [-0.15, -0.1) is 0 Å². The molecule has 3 atom stereocenters. The number of likely N-dealkylation sites (tertiary alicyclic amines) is 1. The number of piperidine rings is 1. The van der Waals surface area contributed by atoms with Gasteiger partial charge in [-0.05, 0) is 50.8 Å². The largest absolute Gasteiger partial charge is 0.397 e. The number of amides is 1. The average molecular weight is 293 g/mol. The summed E-state index contributed by atoms with van der Waals surface area (Å²) in [7, 11) is 0. The van der Waals surface area contributed by atoms with Gasteiger partial charge in [0.25, 0.3) is 0 Å². The molecule has 2 rings (SSSR count). The van der Waals surface area contributed by atoms with Crippen molar-refractivity contribution in [3.05, 3.63) is 24.0 Å². The summed E-state index contributed by atoms with van der Waals surface area (Å²) in [6, 6.07) is 4.17. The number of carbonyl (C=O) groups is 1. The van der Waals surface area contributed by atoms with Crippen molar-refractivity contribution >= 4 is 17.3 Å². The molecule has 3 N–H and O–H groups in total. The number of nitrogens with two attached hydrogens (primary N) is 1. The van der Waals surface area contributed by atoms with Crippen LogP contribution in [0.4, 0.5) is 15.8 Å². The van der Waals surface area contributed by atoms with Gasteiger partial charge in [0.05, 0.1) is 17.4 Å². The molecule has 1 fully saturated rings. The van der Waals surface area contributed by atoms with Crippen LogP contribution in [0.3, 0.4) is 0 Å². The Hall–Kier alpha value is -1.62. The number of nitrogens with zero attached hydrogens (tertiary/aromatic N) is 1. The van der Waals surface area contributed by atoms with E-state index in [1.54, 1.807) is 0 Å². The smallest absolute Gasteiger partial charge is 0.241 e. The Morgan fingerprint density at radius 3 is 2.81 bits per heavy atom. The molecule has 116 valence electrons. The summed E-state index contributed by atoms with van der Waals surface area (Å²) in [4.78, 5) is 14.6. The monoisotopic (exact) mass is 293 g/mol. The summed E-state index contributed by atoms with van der Waals surface area (Å²) in [6.07, 6.45) is 2.31. The minimum absolute atomic E-state index is 0.103. The maximum absolute atomic E-state index is 13.0. The van der Waals surface area contributed by atoms with Gasteiger partial charge in [-0.1, -0.05) is 6.92 Å². The van der Waals surface area contributed by atoms with Crippen LogP contribution < -0.4 is 11.1 Å². The minimum atomic E-state index is -0.406. The van der Waals surface area contributed by atoms with Crippen LogP contribution in [0.1, 0.15) is 33.6 Å². The van der Waals surface area contributed by atoms with Crippen LogP contribution in [0.2, 0.25) is 0 Å².